The molecule has 1 aromatic carbocycles. The van der Waals surface area contributed by atoms with Crippen LogP contribution in [0, 0.1) is 5.82 Å². The number of aliphatic hydroxyl groups is 1. The predicted octanol–water partition coefficient (Wildman–Crippen LogP) is 3.17. The largest absolute Gasteiger partial charge is 0.380 e. The summed E-state index contributed by atoms with van der Waals surface area (Å²) in [5, 5.41) is 10.2. The maximum absolute atomic E-state index is 13.1. The Labute approximate surface area is 110 Å². The zero-order valence-corrected chi connectivity index (χ0v) is 10.7. The standard InChI is InChI=1S/C13H14ClFN2O/c1-2-6-17-7-5-16-13(17)12(18)9-3-4-11(15)10(14)8-9/h3-5,7-8,12,18H,2,6H2,1H3. The molecule has 0 amide bonds. The van der Waals surface area contributed by atoms with E-state index >= 15 is 0 Å². The Bertz CT molecular complexity index is 542. The van der Waals surface area contributed by atoms with Crippen molar-refractivity contribution in [2.24, 2.45) is 0 Å². The number of aryl methyl sites for hydroxylation is 1. The average Bonchev–Trinajstić information content (AvgIpc) is 2.80. The van der Waals surface area contributed by atoms with E-state index in [4.69, 9.17) is 11.6 Å². The second-order valence-electron chi connectivity index (χ2n) is 4.05. The van der Waals surface area contributed by atoms with Crippen LogP contribution in [0.25, 0.3) is 0 Å². The molecule has 0 bridgehead atoms. The van der Waals surface area contributed by atoms with E-state index in [0.29, 0.717) is 11.4 Å². The van der Waals surface area contributed by atoms with Crippen molar-refractivity contribution in [3.05, 3.63) is 52.8 Å². The SMILES string of the molecule is CCCn1ccnc1C(O)c1ccc(F)c(Cl)c1. The first kappa shape index (κ1) is 13.1. The molecular formula is C13H14ClFN2O. The highest BCUT2D eigenvalue weighted by Gasteiger charge is 2.17. The van der Waals surface area contributed by atoms with Crippen molar-refractivity contribution in [2.75, 3.05) is 0 Å². The molecule has 1 aromatic heterocycles. The first-order valence-electron chi connectivity index (χ1n) is 5.77. The third-order valence-electron chi connectivity index (χ3n) is 2.72. The number of nitrogens with zero attached hydrogens (tertiary/aromatic N) is 2. The summed E-state index contributed by atoms with van der Waals surface area (Å²) < 4.78 is 14.9. The third kappa shape index (κ3) is 2.54. The lowest BCUT2D eigenvalue weighted by Gasteiger charge is -2.13. The van der Waals surface area contributed by atoms with Crippen LogP contribution in [-0.2, 0) is 6.54 Å². The normalized spacial score (nSPS) is 12.7. The van der Waals surface area contributed by atoms with Gasteiger partial charge in [0.1, 0.15) is 17.7 Å². The first-order valence-corrected chi connectivity index (χ1v) is 6.15. The predicted molar refractivity (Wildman–Crippen MR) is 68.0 cm³/mol. The molecule has 0 aliphatic heterocycles. The van der Waals surface area contributed by atoms with Gasteiger partial charge in [0.2, 0.25) is 0 Å². The summed E-state index contributed by atoms with van der Waals surface area (Å²) in [6.07, 6.45) is 3.50. The van der Waals surface area contributed by atoms with Gasteiger partial charge in [-0.15, -0.1) is 0 Å². The van der Waals surface area contributed by atoms with Gasteiger partial charge in [0.25, 0.3) is 0 Å². The number of hydrogen-bond donors (Lipinski definition) is 1. The second-order valence-corrected chi connectivity index (χ2v) is 4.46. The minimum atomic E-state index is -0.898. The van der Waals surface area contributed by atoms with Gasteiger partial charge < -0.3 is 9.67 Å². The molecule has 1 atom stereocenters. The van der Waals surface area contributed by atoms with Crippen LogP contribution in [0.1, 0.15) is 30.8 Å². The highest BCUT2D eigenvalue weighted by atomic mass is 35.5. The summed E-state index contributed by atoms with van der Waals surface area (Å²) in [5.41, 5.74) is 0.532. The van der Waals surface area contributed by atoms with Gasteiger partial charge in [-0.2, -0.15) is 0 Å². The summed E-state index contributed by atoms with van der Waals surface area (Å²) in [5.74, 6) is 0.0454. The molecule has 0 saturated heterocycles. The smallest absolute Gasteiger partial charge is 0.142 e. The Hall–Kier alpha value is -1.39. The first-order chi connectivity index (χ1) is 8.63. The fourth-order valence-corrected chi connectivity index (χ4v) is 2.02. The molecule has 1 N–H and O–H groups in total. The van der Waals surface area contributed by atoms with Crippen molar-refractivity contribution >= 4 is 11.6 Å². The number of imidazole rings is 1. The van der Waals surface area contributed by atoms with Crippen molar-refractivity contribution in [2.45, 2.75) is 26.0 Å². The number of aromatic nitrogens is 2. The van der Waals surface area contributed by atoms with Crippen LogP contribution in [-0.4, -0.2) is 14.7 Å². The Morgan fingerprint density at radius 1 is 1.50 bits per heavy atom. The van der Waals surface area contributed by atoms with Crippen molar-refractivity contribution in [3.8, 4) is 0 Å². The molecule has 0 fully saturated rings. The van der Waals surface area contributed by atoms with Crippen LogP contribution in [0.15, 0.2) is 30.6 Å². The lowest BCUT2D eigenvalue weighted by atomic mass is 10.1. The van der Waals surface area contributed by atoms with Crippen molar-refractivity contribution in [3.63, 3.8) is 0 Å². The van der Waals surface area contributed by atoms with E-state index in [2.05, 4.69) is 4.98 Å². The Morgan fingerprint density at radius 2 is 2.28 bits per heavy atom. The van der Waals surface area contributed by atoms with Gasteiger partial charge in [0.05, 0.1) is 5.02 Å². The number of hydrogen-bond acceptors (Lipinski definition) is 2. The molecule has 0 spiro atoms. The number of aliphatic hydroxyl groups excluding tert-OH is 1. The summed E-state index contributed by atoms with van der Waals surface area (Å²) >= 11 is 5.71. The van der Waals surface area contributed by atoms with Crippen molar-refractivity contribution in [1.82, 2.24) is 9.55 Å². The van der Waals surface area contributed by atoms with Gasteiger partial charge in [-0.25, -0.2) is 9.37 Å². The molecular weight excluding hydrogens is 255 g/mol. The van der Waals surface area contributed by atoms with E-state index in [9.17, 15) is 9.50 Å². The molecule has 96 valence electrons. The zero-order chi connectivity index (χ0) is 13.1. The van der Waals surface area contributed by atoms with E-state index in [1.54, 1.807) is 6.20 Å². The molecule has 1 heterocycles. The summed E-state index contributed by atoms with van der Waals surface area (Å²) in [4.78, 5) is 4.14. The summed E-state index contributed by atoms with van der Waals surface area (Å²) in [6.45, 7) is 2.83. The highest BCUT2D eigenvalue weighted by molar-refractivity contribution is 6.30. The molecule has 3 nitrogen and oxygen atoms in total. The minimum Gasteiger partial charge on any atom is -0.380 e. The Balaban J connectivity index is 2.32. The number of halogens is 2. The fraction of sp³-hybridized carbons (Fsp3) is 0.308. The monoisotopic (exact) mass is 268 g/mol. The van der Waals surface area contributed by atoms with Crippen LogP contribution in [0.4, 0.5) is 4.39 Å². The average molecular weight is 269 g/mol. The molecule has 2 aromatic rings. The zero-order valence-electron chi connectivity index (χ0n) is 9.98. The van der Waals surface area contributed by atoms with Gasteiger partial charge in [0, 0.05) is 18.9 Å². The second kappa shape index (κ2) is 5.50. The van der Waals surface area contributed by atoms with E-state index in [-0.39, 0.29) is 5.02 Å². The van der Waals surface area contributed by atoms with E-state index in [1.807, 2.05) is 17.7 Å². The van der Waals surface area contributed by atoms with Crippen molar-refractivity contribution in [1.29, 1.82) is 0 Å². The highest BCUT2D eigenvalue weighted by Crippen LogP contribution is 2.25. The van der Waals surface area contributed by atoms with Gasteiger partial charge in [-0.3, -0.25) is 0 Å². The van der Waals surface area contributed by atoms with Crippen LogP contribution >= 0.6 is 11.6 Å². The lowest BCUT2D eigenvalue weighted by Crippen LogP contribution is -2.09. The maximum atomic E-state index is 13.1. The number of rotatable bonds is 4. The topological polar surface area (TPSA) is 38.0 Å². The number of benzene rings is 1. The molecule has 0 aliphatic carbocycles. The fourth-order valence-electron chi connectivity index (χ4n) is 1.83. The Morgan fingerprint density at radius 3 is 2.94 bits per heavy atom. The van der Waals surface area contributed by atoms with E-state index < -0.39 is 11.9 Å². The van der Waals surface area contributed by atoms with Gasteiger partial charge in [-0.05, 0) is 24.1 Å². The van der Waals surface area contributed by atoms with E-state index in [0.717, 1.165) is 13.0 Å². The molecule has 2 rings (SSSR count). The van der Waals surface area contributed by atoms with Crippen LogP contribution in [0.3, 0.4) is 0 Å². The third-order valence-corrected chi connectivity index (χ3v) is 3.01. The quantitative estimate of drug-likeness (QED) is 0.925. The van der Waals surface area contributed by atoms with Gasteiger partial charge in [-0.1, -0.05) is 24.6 Å². The minimum absolute atomic E-state index is 0.000137. The van der Waals surface area contributed by atoms with Crippen LogP contribution in [0.5, 0.6) is 0 Å². The molecule has 0 aliphatic rings. The van der Waals surface area contributed by atoms with Crippen molar-refractivity contribution < 1.29 is 9.50 Å². The van der Waals surface area contributed by atoms with Crippen LogP contribution < -0.4 is 0 Å². The Kier molecular flexibility index (Phi) is 3.99. The van der Waals surface area contributed by atoms with Gasteiger partial charge >= 0.3 is 0 Å². The lowest BCUT2D eigenvalue weighted by molar-refractivity contribution is 0.204. The molecule has 0 radical (unpaired) electrons. The maximum Gasteiger partial charge on any atom is 0.142 e. The molecule has 18 heavy (non-hydrogen) atoms. The molecule has 5 heteroatoms. The summed E-state index contributed by atoms with van der Waals surface area (Å²) in [6, 6.07) is 4.18. The summed E-state index contributed by atoms with van der Waals surface area (Å²) in [7, 11) is 0. The molecule has 1 unspecified atom stereocenters. The van der Waals surface area contributed by atoms with Gasteiger partial charge in [0.15, 0.2) is 0 Å². The van der Waals surface area contributed by atoms with E-state index in [1.165, 1.54) is 18.2 Å². The van der Waals surface area contributed by atoms with Crippen LogP contribution in [0.2, 0.25) is 5.02 Å². The molecule has 0 saturated carbocycles.